The second kappa shape index (κ2) is 5.47. The van der Waals surface area contributed by atoms with Crippen LogP contribution in [-0.2, 0) is 0 Å². The van der Waals surface area contributed by atoms with Crippen molar-refractivity contribution in [2.24, 2.45) is 5.73 Å². The zero-order valence-electron chi connectivity index (χ0n) is 10.2. The van der Waals surface area contributed by atoms with Crippen LogP contribution in [0.3, 0.4) is 0 Å². The first-order chi connectivity index (χ1) is 9.08. The first-order valence-corrected chi connectivity index (χ1v) is 5.93. The minimum atomic E-state index is -0.731. The van der Waals surface area contributed by atoms with E-state index >= 15 is 0 Å². The van der Waals surface area contributed by atoms with Crippen molar-refractivity contribution in [3.8, 4) is 0 Å². The smallest absolute Gasteiger partial charge is 0.288 e. The molecule has 1 aromatic heterocycles. The highest BCUT2D eigenvalue weighted by Gasteiger charge is 2.18. The minimum Gasteiger partial charge on any atom is -0.366 e. The fraction of sp³-hybridized carbons (Fsp3) is 0.333. The van der Waals surface area contributed by atoms with Crippen molar-refractivity contribution in [2.75, 3.05) is 5.32 Å². The van der Waals surface area contributed by atoms with E-state index in [1.54, 1.807) is 0 Å². The summed E-state index contributed by atoms with van der Waals surface area (Å²) in [5.74, 6) is -0.427. The summed E-state index contributed by atoms with van der Waals surface area (Å²) in [4.78, 5) is 25.3. The third kappa shape index (κ3) is 3.06. The lowest BCUT2D eigenvalue weighted by Gasteiger charge is -2.20. The molecule has 7 nitrogen and oxygen atoms in total. The monoisotopic (exact) mass is 262 g/mol. The minimum absolute atomic E-state index is 0.0451. The van der Waals surface area contributed by atoms with E-state index in [9.17, 15) is 14.9 Å². The lowest BCUT2D eigenvalue weighted by atomic mass is 10.0. The molecule has 0 fully saturated rings. The summed E-state index contributed by atoms with van der Waals surface area (Å²) in [6, 6.07) is 1.31. The maximum absolute atomic E-state index is 11.3. The van der Waals surface area contributed by atoms with Gasteiger partial charge in [-0.2, -0.15) is 0 Å². The van der Waals surface area contributed by atoms with Gasteiger partial charge in [0, 0.05) is 12.1 Å². The standard InChI is InChI=1S/C12H14N4O3/c13-11(17)10-6-9(16(18)19)7-14-12(10)15-8-4-2-1-3-5-8/h1-2,6-8H,3-5H2,(H2,13,17)(H,14,15). The zero-order chi connectivity index (χ0) is 13.8. The Morgan fingerprint density at radius 1 is 1.53 bits per heavy atom. The van der Waals surface area contributed by atoms with Gasteiger partial charge in [-0.3, -0.25) is 14.9 Å². The van der Waals surface area contributed by atoms with Crippen LogP contribution in [0.25, 0.3) is 0 Å². The van der Waals surface area contributed by atoms with E-state index in [4.69, 9.17) is 5.73 Å². The summed E-state index contributed by atoms with van der Waals surface area (Å²) in [5.41, 5.74) is 5.03. The number of hydrogen-bond donors (Lipinski definition) is 2. The molecule has 0 radical (unpaired) electrons. The molecular formula is C12H14N4O3. The Kier molecular flexibility index (Phi) is 3.74. The molecule has 1 unspecified atom stereocenters. The van der Waals surface area contributed by atoms with Crippen molar-refractivity contribution in [2.45, 2.75) is 25.3 Å². The van der Waals surface area contributed by atoms with Crippen molar-refractivity contribution in [3.05, 3.63) is 40.1 Å². The van der Waals surface area contributed by atoms with Gasteiger partial charge in [-0.15, -0.1) is 0 Å². The van der Waals surface area contributed by atoms with Crippen LogP contribution >= 0.6 is 0 Å². The second-order valence-corrected chi connectivity index (χ2v) is 4.34. The molecule has 2 rings (SSSR count). The molecule has 0 bridgehead atoms. The molecule has 1 aliphatic carbocycles. The number of primary amides is 1. The number of nitrogens with two attached hydrogens (primary N) is 1. The van der Waals surface area contributed by atoms with E-state index in [1.165, 1.54) is 0 Å². The number of nitrogens with zero attached hydrogens (tertiary/aromatic N) is 2. The summed E-state index contributed by atoms with van der Waals surface area (Å²) >= 11 is 0. The topological polar surface area (TPSA) is 111 Å². The fourth-order valence-electron chi connectivity index (χ4n) is 1.97. The zero-order valence-corrected chi connectivity index (χ0v) is 10.2. The molecule has 0 saturated carbocycles. The fourth-order valence-corrected chi connectivity index (χ4v) is 1.97. The van der Waals surface area contributed by atoms with Gasteiger partial charge >= 0.3 is 0 Å². The van der Waals surface area contributed by atoms with Crippen LogP contribution in [0.4, 0.5) is 11.5 Å². The Balaban J connectivity index is 2.26. The highest BCUT2D eigenvalue weighted by atomic mass is 16.6. The third-order valence-corrected chi connectivity index (χ3v) is 2.96. The molecule has 1 aliphatic rings. The Morgan fingerprint density at radius 3 is 2.89 bits per heavy atom. The van der Waals surface area contributed by atoms with Gasteiger partial charge in [-0.05, 0) is 19.3 Å². The highest BCUT2D eigenvalue weighted by Crippen LogP contribution is 2.22. The van der Waals surface area contributed by atoms with E-state index in [0.29, 0.717) is 5.82 Å². The summed E-state index contributed by atoms with van der Waals surface area (Å²) in [7, 11) is 0. The van der Waals surface area contributed by atoms with Crippen LogP contribution < -0.4 is 11.1 Å². The van der Waals surface area contributed by atoms with E-state index in [-0.39, 0.29) is 17.3 Å². The Hall–Kier alpha value is -2.44. The Labute approximate surface area is 109 Å². The maximum Gasteiger partial charge on any atom is 0.288 e. The molecule has 0 saturated heterocycles. The first-order valence-electron chi connectivity index (χ1n) is 5.93. The van der Waals surface area contributed by atoms with Gasteiger partial charge in [-0.1, -0.05) is 12.2 Å². The van der Waals surface area contributed by atoms with Crippen molar-refractivity contribution < 1.29 is 9.72 Å². The number of hydrogen-bond acceptors (Lipinski definition) is 5. The first kappa shape index (κ1) is 13.0. The molecule has 1 atom stereocenters. The van der Waals surface area contributed by atoms with Crippen LogP contribution in [0, 0.1) is 10.1 Å². The summed E-state index contributed by atoms with van der Waals surface area (Å²) < 4.78 is 0. The number of pyridine rings is 1. The van der Waals surface area contributed by atoms with Crippen LogP contribution in [-0.4, -0.2) is 21.9 Å². The molecule has 100 valence electrons. The number of nitro groups is 1. The molecule has 19 heavy (non-hydrogen) atoms. The molecule has 3 N–H and O–H groups in total. The Morgan fingerprint density at radius 2 is 2.32 bits per heavy atom. The largest absolute Gasteiger partial charge is 0.366 e. The van der Waals surface area contributed by atoms with Crippen molar-refractivity contribution in [3.63, 3.8) is 0 Å². The van der Waals surface area contributed by atoms with Crippen LogP contribution in [0.15, 0.2) is 24.4 Å². The molecule has 1 amide bonds. The van der Waals surface area contributed by atoms with Gasteiger partial charge in [0.2, 0.25) is 0 Å². The van der Waals surface area contributed by atoms with Crippen molar-refractivity contribution in [1.82, 2.24) is 4.98 Å². The van der Waals surface area contributed by atoms with E-state index in [1.807, 2.05) is 0 Å². The number of allylic oxidation sites excluding steroid dienone is 1. The lowest BCUT2D eigenvalue weighted by molar-refractivity contribution is -0.385. The average molecular weight is 262 g/mol. The van der Waals surface area contributed by atoms with Gasteiger partial charge in [0.15, 0.2) is 0 Å². The number of nitrogens with one attached hydrogen (secondary N) is 1. The number of carbonyl (C=O) groups excluding carboxylic acids is 1. The third-order valence-electron chi connectivity index (χ3n) is 2.96. The predicted octanol–water partition coefficient (Wildman–Crippen LogP) is 1.61. The lowest BCUT2D eigenvalue weighted by Crippen LogP contribution is -2.24. The van der Waals surface area contributed by atoms with Gasteiger partial charge < -0.3 is 11.1 Å². The molecule has 1 heterocycles. The Bertz CT molecular complexity index is 542. The van der Waals surface area contributed by atoms with E-state index in [0.717, 1.165) is 31.5 Å². The quantitative estimate of drug-likeness (QED) is 0.486. The summed E-state index contributed by atoms with van der Waals surface area (Å²) in [5, 5.41) is 13.8. The van der Waals surface area contributed by atoms with Crippen LogP contribution in [0.2, 0.25) is 0 Å². The number of carbonyl (C=O) groups is 1. The van der Waals surface area contributed by atoms with Gasteiger partial charge in [-0.25, -0.2) is 4.98 Å². The van der Waals surface area contributed by atoms with Crippen LogP contribution in [0.5, 0.6) is 0 Å². The van der Waals surface area contributed by atoms with E-state index < -0.39 is 10.8 Å². The highest BCUT2D eigenvalue weighted by molar-refractivity contribution is 5.98. The SMILES string of the molecule is NC(=O)c1cc([N+](=O)[O-])cnc1NC1CC=CCC1. The predicted molar refractivity (Wildman–Crippen MR) is 69.8 cm³/mol. The van der Waals surface area contributed by atoms with E-state index in [2.05, 4.69) is 22.5 Å². The number of amides is 1. The van der Waals surface area contributed by atoms with Gasteiger partial charge in [0.25, 0.3) is 11.6 Å². The maximum atomic E-state index is 11.3. The average Bonchev–Trinajstić information content (AvgIpc) is 2.39. The van der Waals surface area contributed by atoms with Crippen molar-refractivity contribution >= 4 is 17.4 Å². The summed E-state index contributed by atoms with van der Waals surface area (Å²) in [6.45, 7) is 0. The molecule has 1 aromatic rings. The molecular weight excluding hydrogens is 248 g/mol. The molecule has 0 aromatic carbocycles. The number of aromatic nitrogens is 1. The molecule has 0 spiro atoms. The molecule has 0 aliphatic heterocycles. The normalized spacial score (nSPS) is 18.0. The van der Waals surface area contributed by atoms with Crippen LogP contribution in [0.1, 0.15) is 29.6 Å². The van der Waals surface area contributed by atoms with Crippen molar-refractivity contribution in [1.29, 1.82) is 0 Å². The summed E-state index contributed by atoms with van der Waals surface area (Å²) in [6.07, 6.45) is 7.97. The van der Waals surface area contributed by atoms with Gasteiger partial charge in [0.05, 0.1) is 10.5 Å². The number of rotatable bonds is 4. The van der Waals surface area contributed by atoms with Gasteiger partial charge in [0.1, 0.15) is 12.0 Å². The second-order valence-electron chi connectivity index (χ2n) is 4.34. The molecule has 7 heteroatoms. The number of anilines is 1.